The van der Waals surface area contributed by atoms with Crippen molar-refractivity contribution in [3.05, 3.63) is 75.6 Å². The minimum absolute atomic E-state index is 0.147. The summed E-state index contributed by atoms with van der Waals surface area (Å²) in [4.78, 5) is 30.2. The van der Waals surface area contributed by atoms with Gasteiger partial charge in [0, 0.05) is 11.1 Å². The third-order valence-electron chi connectivity index (χ3n) is 6.19. The molecule has 3 aromatic rings. The molecule has 172 valence electrons. The third kappa shape index (κ3) is 5.25. The summed E-state index contributed by atoms with van der Waals surface area (Å²) < 4.78 is 5.34. The lowest BCUT2D eigenvalue weighted by Gasteiger charge is -2.33. The van der Waals surface area contributed by atoms with Crippen LogP contribution in [0.2, 0.25) is 0 Å². The summed E-state index contributed by atoms with van der Waals surface area (Å²) in [7, 11) is 0. The smallest absolute Gasteiger partial charge is 0.335 e. The number of benzene rings is 1. The predicted molar refractivity (Wildman–Crippen MR) is 130 cm³/mol. The summed E-state index contributed by atoms with van der Waals surface area (Å²) in [5, 5.41) is 12.8. The highest BCUT2D eigenvalue weighted by atomic mass is 32.1. The standard InChI is InChI=1S/C26H28N2O4S/c1-26(2,3)18-10-11-20-21(13-18)33-24(22(20)23(29)27-15-19-5-4-12-32-19)28-14-16-6-8-17(9-7-16)25(30)31/h4-9,12,14,18H,10-11,13,15H2,1-3H3,(H,27,29)(H,30,31)/t18-/m0/s1. The summed E-state index contributed by atoms with van der Waals surface area (Å²) in [5.74, 6) is 0.145. The molecule has 0 bridgehead atoms. The van der Waals surface area contributed by atoms with Gasteiger partial charge in [0.2, 0.25) is 0 Å². The first-order valence-electron chi connectivity index (χ1n) is 11.0. The molecular weight excluding hydrogens is 436 g/mol. The van der Waals surface area contributed by atoms with Gasteiger partial charge in [0.25, 0.3) is 5.91 Å². The second-order valence-corrected chi connectivity index (χ2v) is 10.5. The summed E-state index contributed by atoms with van der Waals surface area (Å²) in [6.45, 7) is 7.13. The SMILES string of the molecule is CC(C)(C)[C@H]1CCc2c(sc(N=Cc3ccc(C(=O)O)cc3)c2C(=O)NCc2ccco2)C1. The van der Waals surface area contributed by atoms with Crippen molar-refractivity contribution >= 4 is 34.4 Å². The third-order valence-corrected chi connectivity index (χ3v) is 7.35. The molecule has 6 nitrogen and oxygen atoms in total. The summed E-state index contributed by atoms with van der Waals surface area (Å²) >= 11 is 1.58. The zero-order chi connectivity index (χ0) is 23.6. The zero-order valence-electron chi connectivity index (χ0n) is 19.1. The van der Waals surface area contributed by atoms with Gasteiger partial charge in [0.1, 0.15) is 10.8 Å². The Morgan fingerprint density at radius 3 is 2.64 bits per heavy atom. The van der Waals surface area contributed by atoms with Crippen molar-refractivity contribution < 1.29 is 19.1 Å². The number of aromatic carboxylic acids is 1. The molecule has 7 heteroatoms. The van der Waals surface area contributed by atoms with E-state index in [4.69, 9.17) is 9.52 Å². The van der Waals surface area contributed by atoms with Crippen molar-refractivity contribution in [3.63, 3.8) is 0 Å². The summed E-state index contributed by atoms with van der Waals surface area (Å²) in [6, 6.07) is 10.2. The number of carboxylic acids is 1. The number of carboxylic acid groups (broad SMARTS) is 1. The molecule has 1 amide bonds. The van der Waals surface area contributed by atoms with Crippen LogP contribution in [-0.2, 0) is 19.4 Å². The van der Waals surface area contributed by atoms with Crippen LogP contribution in [0.25, 0.3) is 0 Å². The van der Waals surface area contributed by atoms with Crippen LogP contribution >= 0.6 is 11.3 Å². The van der Waals surface area contributed by atoms with Gasteiger partial charge in [-0.2, -0.15) is 0 Å². The average molecular weight is 465 g/mol. The predicted octanol–water partition coefficient (Wildman–Crippen LogP) is 5.87. The number of amides is 1. The Kier molecular flexibility index (Phi) is 6.51. The second-order valence-electron chi connectivity index (χ2n) is 9.44. The van der Waals surface area contributed by atoms with Crippen LogP contribution in [0.1, 0.15) is 69.7 Å². The lowest BCUT2D eigenvalue weighted by atomic mass is 9.72. The Hall–Kier alpha value is -3.19. The molecule has 1 aliphatic carbocycles. The van der Waals surface area contributed by atoms with Gasteiger partial charge in [-0.15, -0.1) is 11.3 Å². The van der Waals surface area contributed by atoms with Gasteiger partial charge in [-0.05, 0) is 66.0 Å². The van der Waals surface area contributed by atoms with Gasteiger partial charge in [0.05, 0.1) is 23.9 Å². The molecule has 2 heterocycles. The highest BCUT2D eigenvalue weighted by Gasteiger charge is 2.33. The van der Waals surface area contributed by atoms with Crippen molar-refractivity contribution in [2.45, 2.75) is 46.6 Å². The van der Waals surface area contributed by atoms with Crippen molar-refractivity contribution in [1.29, 1.82) is 0 Å². The van der Waals surface area contributed by atoms with E-state index in [1.54, 1.807) is 54.1 Å². The first-order valence-corrected chi connectivity index (χ1v) is 11.9. The van der Waals surface area contributed by atoms with Crippen molar-refractivity contribution in [2.75, 3.05) is 0 Å². The Labute approximate surface area is 197 Å². The van der Waals surface area contributed by atoms with Gasteiger partial charge >= 0.3 is 5.97 Å². The highest BCUT2D eigenvalue weighted by molar-refractivity contribution is 7.16. The molecule has 0 saturated carbocycles. The molecule has 0 spiro atoms. The molecule has 0 unspecified atom stereocenters. The Bertz CT molecular complexity index is 1170. The monoisotopic (exact) mass is 464 g/mol. The van der Waals surface area contributed by atoms with Crippen LogP contribution in [-0.4, -0.2) is 23.2 Å². The number of fused-ring (bicyclic) bond motifs is 1. The molecule has 0 fully saturated rings. The number of furan rings is 1. The minimum atomic E-state index is -0.965. The van der Waals surface area contributed by atoms with Crippen LogP contribution in [0, 0.1) is 11.3 Å². The summed E-state index contributed by atoms with van der Waals surface area (Å²) in [6.07, 6.45) is 6.13. The first kappa shape index (κ1) is 23.0. The maximum Gasteiger partial charge on any atom is 0.335 e. The first-order chi connectivity index (χ1) is 15.7. The van der Waals surface area contributed by atoms with Gasteiger partial charge < -0.3 is 14.8 Å². The number of nitrogens with zero attached hydrogens (tertiary/aromatic N) is 1. The largest absolute Gasteiger partial charge is 0.478 e. The highest BCUT2D eigenvalue weighted by Crippen LogP contribution is 2.45. The number of hydrogen-bond acceptors (Lipinski definition) is 5. The number of hydrogen-bond donors (Lipinski definition) is 2. The number of aliphatic imine (C=N–C) groups is 1. The van der Waals surface area contributed by atoms with E-state index in [9.17, 15) is 9.59 Å². The van der Waals surface area contributed by atoms with Crippen molar-refractivity contribution in [1.82, 2.24) is 5.32 Å². The molecule has 1 aromatic carbocycles. The van der Waals surface area contributed by atoms with Gasteiger partial charge in [0.15, 0.2) is 0 Å². The van der Waals surface area contributed by atoms with E-state index in [0.717, 1.165) is 30.4 Å². The number of rotatable bonds is 6. The Morgan fingerprint density at radius 1 is 1.24 bits per heavy atom. The fraction of sp³-hybridized carbons (Fsp3) is 0.346. The normalized spacial score (nSPS) is 16.0. The Balaban J connectivity index is 1.63. The quantitative estimate of drug-likeness (QED) is 0.446. The minimum Gasteiger partial charge on any atom is -0.478 e. The van der Waals surface area contributed by atoms with Crippen molar-refractivity contribution in [2.24, 2.45) is 16.3 Å². The lowest BCUT2D eigenvalue weighted by molar-refractivity contribution is 0.0696. The van der Waals surface area contributed by atoms with E-state index in [1.807, 2.05) is 6.07 Å². The molecule has 2 N–H and O–H groups in total. The van der Waals surface area contributed by atoms with Crippen LogP contribution < -0.4 is 5.32 Å². The average Bonchev–Trinajstić information content (AvgIpc) is 3.42. The zero-order valence-corrected chi connectivity index (χ0v) is 19.9. The van der Waals surface area contributed by atoms with Gasteiger partial charge in [-0.1, -0.05) is 32.9 Å². The molecule has 0 radical (unpaired) electrons. The molecule has 1 atom stereocenters. The van der Waals surface area contributed by atoms with Crippen LogP contribution in [0.4, 0.5) is 5.00 Å². The van der Waals surface area contributed by atoms with E-state index in [1.165, 1.54) is 4.88 Å². The van der Waals surface area contributed by atoms with E-state index < -0.39 is 5.97 Å². The van der Waals surface area contributed by atoms with E-state index >= 15 is 0 Å². The molecule has 33 heavy (non-hydrogen) atoms. The van der Waals surface area contributed by atoms with E-state index in [-0.39, 0.29) is 16.9 Å². The lowest BCUT2D eigenvalue weighted by Crippen LogP contribution is -2.28. The maximum atomic E-state index is 13.2. The molecule has 1 aliphatic rings. The second kappa shape index (κ2) is 9.35. The molecule has 0 saturated heterocycles. The molecular formula is C26H28N2O4S. The molecule has 4 rings (SSSR count). The van der Waals surface area contributed by atoms with Crippen LogP contribution in [0.15, 0.2) is 52.1 Å². The van der Waals surface area contributed by atoms with Crippen molar-refractivity contribution in [3.8, 4) is 0 Å². The van der Waals surface area contributed by atoms with Gasteiger partial charge in [-0.25, -0.2) is 9.79 Å². The Morgan fingerprint density at radius 2 is 2.00 bits per heavy atom. The maximum absolute atomic E-state index is 13.2. The van der Waals surface area contributed by atoms with E-state index in [2.05, 4.69) is 31.1 Å². The fourth-order valence-corrected chi connectivity index (χ4v) is 5.42. The van der Waals surface area contributed by atoms with Crippen LogP contribution in [0.3, 0.4) is 0 Å². The van der Waals surface area contributed by atoms with Crippen LogP contribution in [0.5, 0.6) is 0 Å². The number of thiophene rings is 1. The number of carbonyl (C=O) groups is 2. The number of nitrogens with one attached hydrogen (secondary N) is 1. The fourth-order valence-electron chi connectivity index (χ4n) is 4.15. The molecule has 0 aliphatic heterocycles. The number of carbonyl (C=O) groups excluding carboxylic acids is 1. The molecule has 2 aromatic heterocycles. The summed E-state index contributed by atoms with van der Waals surface area (Å²) in [5.41, 5.74) is 2.96. The van der Waals surface area contributed by atoms with E-state index in [0.29, 0.717) is 28.8 Å². The van der Waals surface area contributed by atoms with Gasteiger partial charge in [-0.3, -0.25) is 4.79 Å². The topological polar surface area (TPSA) is 91.9 Å².